The number of rotatable bonds is 1. The number of nitrogens with zero attached hydrogens (tertiary/aromatic N) is 1. The molecule has 1 aromatic rings. The maximum Gasteiger partial charge on any atom is 0.291 e. The molecule has 1 unspecified atom stereocenters. The molecule has 1 aliphatic carbocycles. The summed E-state index contributed by atoms with van der Waals surface area (Å²) < 4.78 is 0. The van der Waals surface area contributed by atoms with E-state index in [-0.39, 0.29) is 6.10 Å². The van der Waals surface area contributed by atoms with Crippen molar-refractivity contribution in [2.75, 3.05) is 0 Å². The fraction of sp³-hybridized carbons (Fsp3) is 0.400. The van der Waals surface area contributed by atoms with Crippen LogP contribution < -0.4 is 5.84 Å². The van der Waals surface area contributed by atoms with Crippen molar-refractivity contribution in [1.29, 1.82) is 0 Å². The highest BCUT2D eigenvalue weighted by molar-refractivity contribution is 5.41. The highest BCUT2D eigenvalue weighted by Crippen LogP contribution is 2.24. The first-order valence-corrected chi connectivity index (χ1v) is 4.68. The van der Waals surface area contributed by atoms with Crippen LogP contribution in [0.15, 0.2) is 18.2 Å². The average Bonchev–Trinajstić information content (AvgIpc) is 2.16. The molecule has 0 fully saturated rings. The van der Waals surface area contributed by atoms with Crippen LogP contribution in [0.5, 0.6) is 0 Å². The highest BCUT2D eigenvalue weighted by atomic mass is 16.3. The molecule has 0 saturated carbocycles. The minimum atomic E-state index is -0.282. The first-order valence-electron chi connectivity index (χ1n) is 4.68. The summed E-state index contributed by atoms with van der Waals surface area (Å²) in [7, 11) is 0. The lowest BCUT2D eigenvalue weighted by Crippen LogP contribution is -2.19. The fourth-order valence-electron chi connectivity index (χ4n) is 1.86. The van der Waals surface area contributed by atoms with Crippen molar-refractivity contribution in [3.05, 3.63) is 34.2 Å². The van der Waals surface area contributed by atoms with Gasteiger partial charge in [-0.2, -0.15) is 5.84 Å². The van der Waals surface area contributed by atoms with Gasteiger partial charge in [-0.25, -0.2) is 0 Å². The Morgan fingerprint density at radius 3 is 2.93 bits per heavy atom. The molecule has 0 heterocycles. The quantitative estimate of drug-likeness (QED) is 0.394. The third-order valence-corrected chi connectivity index (χ3v) is 2.65. The Balaban J connectivity index is 2.37. The van der Waals surface area contributed by atoms with Crippen molar-refractivity contribution < 1.29 is 9.98 Å². The minimum Gasteiger partial charge on any atom is -0.393 e. The number of aryl methyl sites for hydroxylation is 1. The van der Waals surface area contributed by atoms with Gasteiger partial charge < -0.3 is 5.11 Å². The molecular formula is C10H13N2O2+. The lowest BCUT2D eigenvalue weighted by Gasteiger charge is -2.19. The molecule has 1 atom stereocenters. The fourth-order valence-corrected chi connectivity index (χ4v) is 1.86. The van der Waals surface area contributed by atoms with Gasteiger partial charge in [0, 0.05) is 12.1 Å². The van der Waals surface area contributed by atoms with Crippen molar-refractivity contribution in [2.45, 2.75) is 25.4 Å². The summed E-state index contributed by atoms with van der Waals surface area (Å²) >= 11 is 0. The monoisotopic (exact) mass is 193 g/mol. The van der Waals surface area contributed by atoms with Crippen LogP contribution in [0.3, 0.4) is 0 Å². The second-order valence-electron chi connectivity index (χ2n) is 3.68. The normalized spacial score (nSPS) is 20.2. The Labute approximate surface area is 81.9 Å². The number of nitroso groups, excluding NO2 is 1. The molecule has 1 aromatic carbocycles. The zero-order valence-corrected chi connectivity index (χ0v) is 7.81. The van der Waals surface area contributed by atoms with E-state index in [0.29, 0.717) is 17.0 Å². The molecule has 4 nitrogen and oxygen atoms in total. The second kappa shape index (κ2) is 3.38. The molecule has 2 rings (SSSR count). The van der Waals surface area contributed by atoms with Crippen LogP contribution in [-0.4, -0.2) is 16.1 Å². The van der Waals surface area contributed by atoms with E-state index < -0.39 is 0 Å². The Morgan fingerprint density at radius 1 is 1.43 bits per heavy atom. The van der Waals surface area contributed by atoms with Crippen LogP contribution in [0.2, 0.25) is 0 Å². The van der Waals surface area contributed by atoms with E-state index in [4.69, 9.17) is 5.84 Å². The van der Waals surface area contributed by atoms with Crippen molar-refractivity contribution in [2.24, 2.45) is 5.84 Å². The first-order chi connectivity index (χ1) is 6.66. The molecule has 1 aliphatic rings. The van der Waals surface area contributed by atoms with Gasteiger partial charge in [0.15, 0.2) is 4.87 Å². The van der Waals surface area contributed by atoms with E-state index in [1.54, 1.807) is 12.1 Å². The predicted octanol–water partition coefficient (Wildman–Crippen LogP) is 0.820. The van der Waals surface area contributed by atoms with Gasteiger partial charge in [0.2, 0.25) is 0 Å². The zero-order valence-electron chi connectivity index (χ0n) is 7.81. The molecule has 4 heteroatoms. The third kappa shape index (κ3) is 1.61. The summed E-state index contributed by atoms with van der Waals surface area (Å²) in [5.74, 6) is 5.10. The van der Waals surface area contributed by atoms with Crippen molar-refractivity contribution in [3.63, 3.8) is 0 Å². The first kappa shape index (κ1) is 9.15. The Morgan fingerprint density at radius 2 is 2.21 bits per heavy atom. The van der Waals surface area contributed by atoms with Crippen LogP contribution in [-0.2, 0) is 12.8 Å². The summed E-state index contributed by atoms with van der Waals surface area (Å²) in [4.78, 5) is 11.2. The van der Waals surface area contributed by atoms with E-state index in [2.05, 4.69) is 0 Å². The number of aliphatic hydroxyl groups excluding tert-OH is 1. The number of hydrogen-bond acceptors (Lipinski definition) is 2. The minimum absolute atomic E-state index is 0.282. The standard InChI is InChI=1S/C10H13N2O2/c11-12(14)9-3-1-7-2-4-10(13)6-8(7)5-9/h1,3,5,10,13H,2,4,6H2,(H2,11,14)/q+1. The number of nitrogens with two attached hydrogens (primary N) is 1. The van der Waals surface area contributed by atoms with E-state index in [1.165, 1.54) is 5.56 Å². The zero-order chi connectivity index (χ0) is 10.1. The van der Waals surface area contributed by atoms with Gasteiger partial charge in [-0.1, -0.05) is 6.07 Å². The van der Waals surface area contributed by atoms with Crippen LogP contribution in [0.4, 0.5) is 5.69 Å². The molecule has 14 heavy (non-hydrogen) atoms. The molecule has 3 N–H and O–H groups in total. The molecule has 0 aliphatic heterocycles. The van der Waals surface area contributed by atoms with Gasteiger partial charge >= 0.3 is 0 Å². The van der Waals surface area contributed by atoms with E-state index in [0.717, 1.165) is 18.4 Å². The summed E-state index contributed by atoms with van der Waals surface area (Å²) in [5, 5.41) is 9.46. The van der Waals surface area contributed by atoms with E-state index >= 15 is 0 Å². The molecule has 0 bridgehead atoms. The molecule has 0 radical (unpaired) electrons. The predicted molar refractivity (Wildman–Crippen MR) is 51.9 cm³/mol. The number of hydrogen-bond donors (Lipinski definition) is 2. The Kier molecular flexibility index (Phi) is 2.21. The lowest BCUT2D eigenvalue weighted by molar-refractivity contribution is -0.474. The maximum absolute atomic E-state index is 10.8. The summed E-state index contributed by atoms with van der Waals surface area (Å²) in [6.07, 6.45) is 2.02. The van der Waals surface area contributed by atoms with Crippen LogP contribution >= 0.6 is 0 Å². The molecule has 0 spiro atoms. The highest BCUT2D eigenvalue weighted by Gasteiger charge is 2.19. The molecule has 0 amide bonds. The van der Waals surface area contributed by atoms with Gasteiger partial charge in [-0.05, 0) is 30.4 Å². The summed E-state index contributed by atoms with van der Waals surface area (Å²) in [5.41, 5.74) is 2.69. The molecular weight excluding hydrogens is 180 g/mol. The Bertz CT molecular complexity index is 376. The summed E-state index contributed by atoms with van der Waals surface area (Å²) in [6.45, 7) is 0. The number of benzene rings is 1. The van der Waals surface area contributed by atoms with Gasteiger partial charge in [0.25, 0.3) is 5.69 Å². The number of aliphatic hydroxyl groups is 1. The SMILES string of the molecule is N[N+](=O)c1ccc2c(c1)CC(O)CC2. The van der Waals surface area contributed by atoms with Crippen LogP contribution in [0, 0.1) is 4.91 Å². The van der Waals surface area contributed by atoms with Crippen molar-refractivity contribution in [1.82, 2.24) is 0 Å². The number of hydrazine groups is 1. The third-order valence-electron chi connectivity index (χ3n) is 2.65. The second-order valence-corrected chi connectivity index (χ2v) is 3.68. The van der Waals surface area contributed by atoms with Gasteiger partial charge in [0.05, 0.1) is 11.0 Å². The van der Waals surface area contributed by atoms with Gasteiger partial charge in [-0.15, -0.1) is 0 Å². The largest absolute Gasteiger partial charge is 0.393 e. The van der Waals surface area contributed by atoms with Crippen LogP contribution in [0.25, 0.3) is 0 Å². The van der Waals surface area contributed by atoms with Crippen LogP contribution in [0.1, 0.15) is 17.5 Å². The van der Waals surface area contributed by atoms with Gasteiger partial charge in [-0.3, -0.25) is 0 Å². The smallest absolute Gasteiger partial charge is 0.291 e. The molecule has 74 valence electrons. The maximum atomic E-state index is 10.8. The van der Waals surface area contributed by atoms with E-state index in [1.807, 2.05) is 6.07 Å². The topological polar surface area (TPSA) is 66.3 Å². The number of fused-ring (bicyclic) bond motifs is 1. The van der Waals surface area contributed by atoms with Crippen molar-refractivity contribution in [3.8, 4) is 0 Å². The average molecular weight is 193 g/mol. The van der Waals surface area contributed by atoms with Gasteiger partial charge in [0.1, 0.15) is 0 Å². The van der Waals surface area contributed by atoms with Crippen molar-refractivity contribution >= 4 is 5.69 Å². The molecule has 0 aromatic heterocycles. The molecule has 0 saturated heterocycles. The summed E-state index contributed by atoms with van der Waals surface area (Å²) in [6, 6.07) is 5.38. The van der Waals surface area contributed by atoms with E-state index in [9.17, 15) is 10.0 Å². The lowest BCUT2D eigenvalue weighted by atomic mass is 9.89. The Hall–Kier alpha value is -1.42.